The maximum Gasteiger partial charge on any atom is 0.137 e. The van der Waals surface area contributed by atoms with E-state index in [0.29, 0.717) is 12.8 Å². The van der Waals surface area contributed by atoms with Gasteiger partial charge in [-0.2, -0.15) is 5.10 Å². The van der Waals surface area contributed by atoms with Crippen LogP contribution in [0.5, 0.6) is 0 Å². The Balaban J connectivity index is 1.86. The summed E-state index contributed by atoms with van der Waals surface area (Å²) in [6, 6.07) is 9.39. The Labute approximate surface area is 106 Å². The molecule has 0 unspecified atom stereocenters. The fraction of sp³-hybridized carbons (Fsp3) is 0.286. The van der Waals surface area contributed by atoms with Crippen LogP contribution < -0.4 is 5.73 Å². The lowest BCUT2D eigenvalue weighted by molar-refractivity contribution is -0.118. The summed E-state index contributed by atoms with van der Waals surface area (Å²) < 4.78 is 1.80. The molecule has 0 aliphatic rings. The standard InChI is InChI=1S/C14H17N3O/c1-17-13(8-9-16-17)6-7-14(18)10-11-2-4-12(15)5-3-11/h2-5,8-9H,6-7,10,15H2,1H3. The van der Waals surface area contributed by atoms with Crippen LogP contribution in [0.1, 0.15) is 17.7 Å². The highest BCUT2D eigenvalue weighted by Crippen LogP contribution is 2.09. The number of hydrogen-bond acceptors (Lipinski definition) is 3. The van der Waals surface area contributed by atoms with Crippen molar-refractivity contribution in [3.05, 3.63) is 47.8 Å². The minimum absolute atomic E-state index is 0.237. The molecule has 94 valence electrons. The molecule has 1 heterocycles. The third-order valence-electron chi connectivity index (χ3n) is 2.96. The van der Waals surface area contributed by atoms with Crippen LogP contribution in [0.4, 0.5) is 5.69 Å². The number of ketones is 1. The van der Waals surface area contributed by atoms with Crippen LogP contribution in [0.25, 0.3) is 0 Å². The first kappa shape index (κ1) is 12.4. The van der Waals surface area contributed by atoms with Crippen molar-refractivity contribution in [1.82, 2.24) is 9.78 Å². The molecule has 4 nitrogen and oxygen atoms in total. The van der Waals surface area contributed by atoms with E-state index in [1.165, 1.54) is 0 Å². The summed E-state index contributed by atoms with van der Waals surface area (Å²) in [4.78, 5) is 11.8. The number of anilines is 1. The number of nitrogens with two attached hydrogens (primary N) is 1. The lowest BCUT2D eigenvalue weighted by Crippen LogP contribution is -2.06. The molecular weight excluding hydrogens is 226 g/mol. The van der Waals surface area contributed by atoms with Gasteiger partial charge in [-0.05, 0) is 30.2 Å². The van der Waals surface area contributed by atoms with E-state index in [4.69, 9.17) is 5.73 Å². The zero-order valence-electron chi connectivity index (χ0n) is 10.5. The number of aryl methyl sites for hydroxylation is 2. The number of benzene rings is 1. The second kappa shape index (κ2) is 5.49. The van der Waals surface area contributed by atoms with Crippen LogP contribution in [0.2, 0.25) is 0 Å². The number of rotatable bonds is 5. The fourth-order valence-corrected chi connectivity index (χ4v) is 1.87. The molecule has 1 aromatic carbocycles. The van der Waals surface area contributed by atoms with Gasteiger partial charge in [-0.1, -0.05) is 12.1 Å². The molecule has 0 amide bonds. The first-order valence-electron chi connectivity index (χ1n) is 5.98. The van der Waals surface area contributed by atoms with E-state index in [-0.39, 0.29) is 5.78 Å². The average molecular weight is 243 g/mol. The summed E-state index contributed by atoms with van der Waals surface area (Å²) in [5.41, 5.74) is 8.42. The Morgan fingerprint density at radius 1 is 1.28 bits per heavy atom. The normalized spacial score (nSPS) is 10.5. The van der Waals surface area contributed by atoms with Crippen molar-refractivity contribution in [1.29, 1.82) is 0 Å². The highest BCUT2D eigenvalue weighted by Gasteiger charge is 2.06. The van der Waals surface area contributed by atoms with Crippen molar-refractivity contribution in [2.24, 2.45) is 7.05 Å². The molecule has 4 heteroatoms. The maximum atomic E-state index is 11.8. The van der Waals surface area contributed by atoms with E-state index in [1.807, 2.05) is 37.4 Å². The number of nitrogen functional groups attached to an aromatic ring is 1. The second-order valence-electron chi connectivity index (χ2n) is 4.40. The van der Waals surface area contributed by atoms with Crippen molar-refractivity contribution in [3.63, 3.8) is 0 Å². The number of carbonyl (C=O) groups excluding carboxylic acids is 1. The molecule has 18 heavy (non-hydrogen) atoms. The Bertz CT molecular complexity index is 528. The molecule has 0 fully saturated rings. The molecule has 0 spiro atoms. The highest BCUT2D eigenvalue weighted by molar-refractivity contribution is 5.81. The van der Waals surface area contributed by atoms with E-state index in [0.717, 1.165) is 23.4 Å². The summed E-state index contributed by atoms with van der Waals surface area (Å²) >= 11 is 0. The van der Waals surface area contributed by atoms with Gasteiger partial charge in [-0.3, -0.25) is 9.48 Å². The second-order valence-corrected chi connectivity index (χ2v) is 4.40. The van der Waals surface area contributed by atoms with Crippen LogP contribution in [0.15, 0.2) is 36.5 Å². The van der Waals surface area contributed by atoms with Crippen molar-refractivity contribution in [3.8, 4) is 0 Å². The van der Waals surface area contributed by atoms with Gasteiger partial charge in [0.05, 0.1) is 0 Å². The van der Waals surface area contributed by atoms with Gasteiger partial charge in [0.2, 0.25) is 0 Å². The quantitative estimate of drug-likeness (QED) is 0.814. The lowest BCUT2D eigenvalue weighted by atomic mass is 10.0. The van der Waals surface area contributed by atoms with Crippen LogP contribution in [0, 0.1) is 0 Å². The number of hydrogen-bond donors (Lipinski definition) is 1. The molecule has 0 aliphatic carbocycles. The molecule has 0 aliphatic heterocycles. The molecule has 2 aromatic rings. The van der Waals surface area contributed by atoms with Crippen LogP contribution in [0.3, 0.4) is 0 Å². The highest BCUT2D eigenvalue weighted by atomic mass is 16.1. The zero-order valence-corrected chi connectivity index (χ0v) is 10.5. The first-order chi connectivity index (χ1) is 8.65. The van der Waals surface area contributed by atoms with Gasteiger partial charge in [-0.25, -0.2) is 0 Å². The van der Waals surface area contributed by atoms with E-state index in [1.54, 1.807) is 10.9 Å². The number of nitrogens with zero attached hydrogens (tertiary/aromatic N) is 2. The summed E-state index contributed by atoms with van der Waals surface area (Å²) in [5.74, 6) is 0.237. The Morgan fingerprint density at radius 2 is 2.00 bits per heavy atom. The van der Waals surface area contributed by atoms with Crippen molar-refractivity contribution in [2.45, 2.75) is 19.3 Å². The first-order valence-corrected chi connectivity index (χ1v) is 5.98. The van der Waals surface area contributed by atoms with E-state index in [2.05, 4.69) is 5.10 Å². The van der Waals surface area contributed by atoms with Gasteiger partial charge in [0.25, 0.3) is 0 Å². The van der Waals surface area contributed by atoms with Gasteiger partial charge in [0, 0.05) is 37.5 Å². The van der Waals surface area contributed by atoms with Crippen LogP contribution in [-0.4, -0.2) is 15.6 Å². The summed E-state index contributed by atoms with van der Waals surface area (Å²) in [5, 5.41) is 4.08. The van der Waals surface area contributed by atoms with Gasteiger partial charge in [-0.15, -0.1) is 0 Å². The molecule has 0 saturated carbocycles. The molecule has 2 rings (SSSR count). The zero-order chi connectivity index (χ0) is 13.0. The molecule has 0 saturated heterocycles. The van der Waals surface area contributed by atoms with E-state index >= 15 is 0 Å². The van der Waals surface area contributed by atoms with Gasteiger partial charge in [0.1, 0.15) is 5.78 Å². The predicted octanol–water partition coefficient (Wildman–Crippen LogP) is 1.75. The third kappa shape index (κ3) is 3.20. The van der Waals surface area contributed by atoms with Crippen molar-refractivity contribution >= 4 is 11.5 Å². The molecule has 2 N–H and O–H groups in total. The monoisotopic (exact) mass is 243 g/mol. The summed E-state index contributed by atoms with van der Waals surface area (Å²) in [6.45, 7) is 0. The minimum atomic E-state index is 0.237. The topological polar surface area (TPSA) is 60.9 Å². The Kier molecular flexibility index (Phi) is 3.77. The average Bonchev–Trinajstić information content (AvgIpc) is 2.75. The van der Waals surface area contributed by atoms with E-state index in [9.17, 15) is 4.79 Å². The van der Waals surface area contributed by atoms with Crippen molar-refractivity contribution in [2.75, 3.05) is 5.73 Å². The smallest absolute Gasteiger partial charge is 0.137 e. The molecule has 0 radical (unpaired) electrons. The van der Waals surface area contributed by atoms with E-state index < -0.39 is 0 Å². The molecule has 1 aromatic heterocycles. The van der Waals surface area contributed by atoms with Gasteiger partial charge < -0.3 is 5.73 Å². The SMILES string of the molecule is Cn1nccc1CCC(=O)Cc1ccc(N)cc1. The predicted molar refractivity (Wildman–Crippen MR) is 71.1 cm³/mol. The number of carbonyl (C=O) groups is 1. The Hall–Kier alpha value is -2.10. The minimum Gasteiger partial charge on any atom is -0.399 e. The maximum absolute atomic E-state index is 11.8. The number of Topliss-reactive ketones (excluding diaryl/α,β-unsaturated/α-hetero) is 1. The molecular formula is C14H17N3O. The van der Waals surface area contributed by atoms with Gasteiger partial charge >= 0.3 is 0 Å². The lowest BCUT2D eigenvalue weighted by Gasteiger charge is -2.03. The fourth-order valence-electron chi connectivity index (χ4n) is 1.87. The Morgan fingerprint density at radius 3 is 2.61 bits per heavy atom. The van der Waals surface area contributed by atoms with Crippen LogP contribution >= 0.6 is 0 Å². The van der Waals surface area contributed by atoms with Crippen molar-refractivity contribution < 1.29 is 4.79 Å². The van der Waals surface area contributed by atoms with Crippen LogP contribution in [-0.2, 0) is 24.7 Å². The molecule has 0 atom stereocenters. The summed E-state index contributed by atoms with van der Waals surface area (Å²) in [6.07, 6.45) is 3.51. The molecule has 0 bridgehead atoms. The third-order valence-corrected chi connectivity index (χ3v) is 2.96. The van der Waals surface area contributed by atoms with Gasteiger partial charge in [0.15, 0.2) is 0 Å². The number of aromatic nitrogens is 2. The largest absolute Gasteiger partial charge is 0.399 e. The summed E-state index contributed by atoms with van der Waals surface area (Å²) in [7, 11) is 1.89.